The Labute approximate surface area is 113 Å². The first-order chi connectivity index (χ1) is 8.60. The molecule has 1 unspecified atom stereocenters. The van der Waals surface area contributed by atoms with E-state index in [1.807, 2.05) is 13.8 Å². The molecule has 0 aliphatic carbocycles. The molecule has 0 radical (unpaired) electrons. The van der Waals surface area contributed by atoms with Crippen LogP contribution in [0, 0.1) is 11.3 Å². The van der Waals surface area contributed by atoms with E-state index in [-0.39, 0.29) is 11.3 Å². The molecule has 1 atom stereocenters. The predicted molar refractivity (Wildman–Crippen MR) is 78.4 cm³/mol. The van der Waals surface area contributed by atoms with E-state index in [4.69, 9.17) is 5.73 Å². The van der Waals surface area contributed by atoms with Gasteiger partial charge in [-0.05, 0) is 25.2 Å². The largest absolute Gasteiger partial charge is 0.355 e. The first-order valence-corrected chi connectivity index (χ1v) is 7.58. The Hall–Kier alpha value is -0.570. The lowest BCUT2D eigenvalue weighted by Gasteiger charge is -2.29. The molecule has 0 fully saturated rings. The van der Waals surface area contributed by atoms with Crippen LogP contribution in [0.15, 0.2) is 0 Å². The number of carbonyl (C=O) groups is 1. The van der Waals surface area contributed by atoms with Gasteiger partial charge in [-0.1, -0.05) is 47.0 Å². The molecule has 0 aromatic heterocycles. The first kappa shape index (κ1) is 17.4. The van der Waals surface area contributed by atoms with E-state index < -0.39 is 0 Å². The molecule has 0 heterocycles. The van der Waals surface area contributed by atoms with E-state index >= 15 is 0 Å². The molecule has 0 spiro atoms. The molecule has 0 bridgehead atoms. The number of unbranched alkanes of at least 4 members (excludes halogenated alkanes) is 1. The maximum atomic E-state index is 12.3. The van der Waals surface area contributed by atoms with Crippen LogP contribution in [0.1, 0.15) is 66.2 Å². The molecule has 3 N–H and O–H groups in total. The number of hydrogen-bond donors (Lipinski definition) is 2. The van der Waals surface area contributed by atoms with Gasteiger partial charge in [0.2, 0.25) is 5.91 Å². The van der Waals surface area contributed by atoms with Crippen LogP contribution in [-0.4, -0.2) is 19.0 Å². The van der Waals surface area contributed by atoms with Gasteiger partial charge in [0.15, 0.2) is 0 Å². The minimum Gasteiger partial charge on any atom is -0.355 e. The van der Waals surface area contributed by atoms with Crippen molar-refractivity contribution >= 4 is 5.91 Å². The Morgan fingerprint density at radius 2 is 1.83 bits per heavy atom. The van der Waals surface area contributed by atoms with E-state index in [1.165, 1.54) is 19.3 Å². The number of amides is 1. The summed E-state index contributed by atoms with van der Waals surface area (Å²) in [5.41, 5.74) is 5.43. The molecule has 18 heavy (non-hydrogen) atoms. The lowest BCUT2D eigenvalue weighted by Crippen LogP contribution is -2.46. The zero-order valence-electron chi connectivity index (χ0n) is 12.7. The highest BCUT2D eigenvalue weighted by molar-refractivity contribution is 5.82. The van der Waals surface area contributed by atoms with Crippen molar-refractivity contribution in [1.82, 2.24) is 5.32 Å². The minimum absolute atomic E-state index is 0.143. The summed E-state index contributed by atoms with van der Waals surface area (Å²) in [5.74, 6) is 0.753. The fourth-order valence-electron chi connectivity index (χ4n) is 2.32. The number of carbonyl (C=O) groups excluding carboxylic acids is 1. The van der Waals surface area contributed by atoms with Gasteiger partial charge in [0.1, 0.15) is 0 Å². The van der Waals surface area contributed by atoms with Gasteiger partial charge in [0.25, 0.3) is 0 Å². The Morgan fingerprint density at radius 3 is 2.22 bits per heavy atom. The summed E-state index contributed by atoms with van der Waals surface area (Å²) >= 11 is 0. The van der Waals surface area contributed by atoms with Crippen molar-refractivity contribution in [3.05, 3.63) is 0 Å². The molecule has 1 amide bonds. The van der Waals surface area contributed by atoms with Crippen LogP contribution in [0.4, 0.5) is 0 Å². The smallest absolute Gasteiger partial charge is 0.227 e. The Morgan fingerprint density at radius 1 is 1.22 bits per heavy atom. The second-order valence-corrected chi connectivity index (χ2v) is 5.32. The van der Waals surface area contributed by atoms with Crippen LogP contribution in [0.3, 0.4) is 0 Å². The standard InChI is InChI=1S/C15H32N2O/c1-5-9-10-13(6-2)11-17-14(18)15(7-3,8-4)12-16/h13H,5-12,16H2,1-4H3,(H,17,18). The van der Waals surface area contributed by atoms with E-state index in [0.29, 0.717) is 12.5 Å². The van der Waals surface area contributed by atoms with Gasteiger partial charge in [0.05, 0.1) is 5.41 Å². The van der Waals surface area contributed by atoms with Crippen molar-refractivity contribution in [2.24, 2.45) is 17.1 Å². The average Bonchev–Trinajstić information content (AvgIpc) is 2.41. The highest BCUT2D eigenvalue weighted by Crippen LogP contribution is 2.25. The molecular formula is C15H32N2O. The fourth-order valence-corrected chi connectivity index (χ4v) is 2.32. The molecule has 108 valence electrons. The summed E-state index contributed by atoms with van der Waals surface area (Å²) < 4.78 is 0. The molecule has 3 heteroatoms. The molecule has 0 aliphatic rings. The quantitative estimate of drug-likeness (QED) is 0.631. The van der Waals surface area contributed by atoms with E-state index in [0.717, 1.165) is 25.8 Å². The van der Waals surface area contributed by atoms with Gasteiger partial charge in [-0.25, -0.2) is 0 Å². The molecule has 0 aromatic rings. The second-order valence-electron chi connectivity index (χ2n) is 5.32. The van der Waals surface area contributed by atoms with Gasteiger partial charge >= 0.3 is 0 Å². The van der Waals surface area contributed by atoms with E-state index in [1.54, 1.807) is 0 Å². The molecule has 0 aliphatic heterocycles. The molecule has 0 aromatic carbocycles. The SMILES string of the molecule is CCCCC(CC)CNC(=O)C(CC)(CC)CN. The summed E-state index contributed by atoms with van der Waals surface area (Å²) in [6, 6.07) is 0. The zero-order chi connectivity index (χ0) is 14.0. The number of rotatable bonds is 10. The van der Waals surface area contributed by atoms with Crippen LogP contribution < -0.4 is 11.1 Å². The van der Waals surface area contributed by atoms with Crippen molar-refractivity contribution in [3.63, 3.8) is 0 Å². The monoisotopic (exact) mass is 256 g/mol. The summed E-state index contributed by atoms with van der Waals surface area (Å²) in [5, 5.41) is 3.12. The third kappa shape index (κ3) is 4.97. The normalized spacial score (nSPS) is 13.4. The molecule has 0 saturated heterocycles. The number of nitrogens with one attached hydrogen (secondary N) is 1. The maximum Gasteiger partial charge on any atom is 0.227 e. The van der Waals surface area contributed by atoms with Crippen LogP contribution in [0.25, 0.3) is 0 Å². The highest BCUT2D eigenvalue weighted by Gasteiger charge is 2.33. The first-order valence-electron chi connectivity index (χ1n) is 7.58. The van der Waals surface area contributed by atoms with Gasteiger partial charge in [-0.2, -0.15) is 0 Å². The van der Waals surface area contributed by atoms with Crippen molar-refractivity contribution in [3.8, 4) is 0 Å². The lowest BCUT2D eigenvalue weighted by atomic mass is 9.81. The Bertz CT molecular complexity index is 216. The van der Waals surface area contributed by atoms with Gasteiger partial charge in [-0.15, -0.1) is 0 Å². The zero-order valence-corrected chi connectivity index (χ0v) is 12.7. The lowest BCUT2D eigenvalue weighted by molar-refractivity contribution is -0.131. The molecular weight excluding hydrogens is 224 g/mol. The molecule has 3 nitrogen and oxygen atoms in total. The Balaban J connectivity index is 4.28. The van der Waals surface area contributed by atoms with Crippen LogP contribution in [-0.2, 0) is 4.79 Å². The van der Waals surface area contributed by atoms with E-state index in [9.17, 15) is 4.79 Å². The fraction of sp³-hybridized carbons (Fsp3) is 0.933. The summed E-state index contributed by atoms with van der Waals surface area (Å²) in [6.07, 6.45) is 6.45. The molecule has 0 saturated carbocycles. The number of hydrogen-bond acceptors (Lipinski definition) is 2. The second kappa shape index (κ2) is 9.37. The summed E-state index contributed by atoms with van der Waals surface area (Å²) in [7, 11) is 0. The predicted octanol–water partition coefficient (Wildman–Crippen LogP) is 3.08. The van der Waals surface area contributed by atoms with Gasteiger partial charge < -0.3 is 11.1 Å². The Kier molecular flexibility index (Phi) is 9.08. The van der Waals surface area contributed by atoms with Gasteiger partial charge in [0, 0.05) is 13.1 Å². The minimum atomic E-state index is -0.358. The van der Waals surface area contributed by atoms with Crippen molar-refractivity contribution in [2.45, 2.75) is 66.2 Å². The van der Waals surface area contributed by atoms with Crippen molar-refractivity contribution < 1.29 is 4.79 Å². The summed E-state index contributed by atoms with van der Waals surface area (Å²) in [6.45, 7) is 9.74. The average molecular weight is 256 g/mol. The third-order valence-electron chi connectivity index (χ3n) is 4.32. The van der Waals surface area contributed by atoms with Crippen molar-refractivity contribution in [2.75, 3.05) is 13.1 Å². The van der Waals surface area contributed by atoms with Crippen LogP contribution in [0.5, 0.6) is 0 Å². The number of nitrogens with two attached hydrogens (primary N) is 1. The van der Waals surface area contributed by atoms with Crippen LogP contribution >= 0.6 is 0 Å². The van der Waals surface area contributed by atoms with E-state index in [2.05, 4.69) is 19.2 Å². The van der Waals surface area contributed by atoms with Crippen molar-refractivity contribution in [1.29, 1.82) is 0 Å². The van der Waals surface area contributed by atoms with Crippen LogP contribution in [0.2, 0.25) is 0 Å². The third-order valence-corrected chi connectivity index (χ3v) is 4.32. The topological polar surface area (TPSA) is 55.1 Å². The molecule has 0 rings (SSSR count). The van der Waals surface area contributed by atoms with Gasteiger partial charge in [-0.3, -0.25) is 4.79 Å². The maximum absolute atomic E-state index is 12.3. The summed E-state index contributed by atoms with van der Waals surface area (Å²) in [4.78, 5) is 12.3. The highest BCUT2D eigenvalue weighted by atomic mass is 16.2.